The SMILES string of the molecule is Oc1ccc(Cl)cc1CNc1cc(F)cc(F)c1F. The fraction of sp³-hybridized carbons (Fsp3) is 0.0769. The molecule has 2 aromatic rings. The van der Waals surface area contributed by atoms with Gasteiger partial charge in [-0.15, -0.1) is 0 Å². The number of aromatic hydroxyl groups is 1. The molecule has 0 aliphatic heterocycles. The normalized spacial score (nSPS) is 10.5. The minimum Gasteiger partial charge on any atom is -0.508 e. The first-order valence-corrected chi connectivity index (χ1v) is 5.71. The summed E-state index contributed by atoms with van der Waals surface area (Å²) in [5, 5.41) is 12.4. The summed E-state index contributed by atoms with van der Waals surface area (Å²) in [5.41, 5.74) is 0.0634. The van der Waals surface area contributed by atoms with Crippen molar-refractivity contribution in [3.8, 4) is 5.75 Å². The van der Waals surface area contributed by atoms with Crippen molar-refractivity contribution in [2.24, 2.45) is 0 Å². The van der Waals surface area contributed by atoms with Crippen LogP contribution in [-0.4, -0.2) is 5.11 Å². The second-order valence-corrected chi connectivity index (χ2v) is 4.31. The number of anilines is 1. The maximum Gasteiger partial charge on any atom is 0.182 e. The van der Waals surface area contributed by atoms with Crippen molar-refractivity contribution < 1.29 is 18.3 Å². The van der Waals surface area contributed by atoms with Gasteiger partial charge in [-0.2, -0.15) is 0 Å². The molecule has 0 aliphatic carbocycles. The third kappa shape index (κ3) is 3.12. The molecule has 2 N–H and O–H groups in total. The van der Waals surface area contributed by atoms with E-state index in [1.165, 1.54) is 18.2 Å². The zero-order chi connectivity index (χ0) is 14.0. The highest BCUT2D eigenvalue weighted by Gasteiger charge is 2.11. The Morgan fingerprint density at radius 1 is 1.11 bits per heavy atom. The predicted molar refractivity (Wildman–Crippen MR) is 66.8 cm³/mol. The van der Waals surface area contributed by atoms with Crippen molar-refractivity contribution in [3.05, 3.63) is 58.4 Å². The van der Waals surface area contributed by atoms with E-state index in [1.807, 2.05) is 0 Å². The van der Waals surface area contributed by atoms with Crippen molar-refractivity contribution in [2.75, 3.05) is 5.32 Å². The predicted octanol–water partition coefficient (Wildman–Crippen LogP) is 4.08. The molecule has 0 amide bonds. The van der Waals surface area contributed by atoms with Crippen molar-refractivity contribution in [2.45, 2.75) is 6.54 Å². The lowest BCUT2D eigenvalue weighted by Crippen LogP contribution is -2.04. The Labute approximate surface area is 112 Å². The first kappa shape index (κ1) is 13.5. The summed E-state index contributed by atoms with van der Waals surface area (Å²) in [6.07, 6.45) is 0. The van der Waals surface area contributed by atoms with Crippen LogP contribution in [0.2, 0.25) is 5.02 Å². The molecule has 19 heavy (non-hydrogen) atoms. The van der Waals surface area contributed by atoms with Gasteiger partial charge in [0.2, 0.25) is 0 Å². The molecule has 0 unspecified atom stereocenters. The van der Waals surface area contributed by atoms with Gasteiger partial charge in [-0.25, -0.2) is 13.2 Å². The van der Waals surface area contributed by atoms with E-state index in [0.29, 0.717) is 16.7 Å². The smallest absolute Gasteiger partial charge is 0.182 e. The van der Waals surface area contributed by atoms with Crippen LogP contribution in [0.25, 0.3) is 0 Å². The van der Waals surface area contributed by atoms with E-state index >= 15 is 0 Å². The molecular formula is C13H9ClF3NO. The van der Waals surface area contributed by atoms with Crippen LogP contribution >= 0.6 is 11.6 Å². The molecule has 6 heteroatoms. The summed E-state index contributed by atoms with van der Waals surface area (Å²) in [5.74, 6) is -3.40. The van der Waals surface area contributed by atoms with Gasteiger partial charge in [-0.05, 0) is 18.2 Å². The standard InChI is InChI=1S/C13H9ClF3NO/c14-8-1-2-12(19)7(3-8)6-18-11-5-9(15)4-10(16)13(11)17/h1-5,18-19H,6H2. The lowest BCUT2D eigenvalue weighted by atomic mass is 10.2. The topological polar surface area (TPSA) is 32.3 Å². The number of phenols is 1. The summed E-state index contributed by atoms with van der Waals surface area (Å²) in [6, 6.07) is 5.62. The highest BCUT2D eigenvalue weighted by atomic mass is 35.5. The average Bonchev–Trinajstić information content (AvgIpc) is 2.35. The maximum absolute atomic E-state index is 13.4. The molecule has 100 valence electrons. The second kappa shape index (κ2) is 5.40. The van der Waals surface area contributed by atoms with Crippen molar-refractivity contribution >= 4 is 17.3 Å². The van der Waals surface area contributed by atoms with E-state index in [0.717, 1.165) is 6.07 Å². The molecular weight excluding hydrogens is 279 g/mol. The summed E-state index contributed by atoms with van der Waals surface area (Å²) in [7, 11) is 0. The number of halogens is 4. The molecule has 2 nitrogen and oxygen atoms in total. The molecule has 0 fully saturated rings. The number of hydrogen-bond acceptors (Lipinski definition) is 2. The minimum absolute atomic E-state index is 0.0216. The quantitative estimate of drug-likeness (QED) is 0.834. The minimum atomic E-state index is -1.28. The highest BCUT2D eigenvalue weighted by molar-refractivity contribution is 6.30. The zero-order valence-corrected chi connectivity index (χ0v) is 10.3. The monoisotopic (exact) mass is 287 g/mol. The fourth-order valence-electron chi connectivity index (χ4n) is 1.57. The Kier molecular flexibility index (Phi) is 3.85. The van der Waals surface area contributed by atoms with Gasteiger partial charge in [0.25, 0.3) is 0 Å². The Hall–Kier alpha value is -1.88. The summed E-state index contributed by atoms with van der Waals surface area (Å²) < 4.78 is 39.3. The van der Waals surface area contributed by atoms with Crippen LogP contribution in [-0.2, 0) is 6.54 Å². The first-order chi connectivity index (χ1) is 8.97. The molecule has 0 atom stereocenters. The molecule has 0 saturated carbocycles. The summed E-state index contributed by atoms with van der Waals surface area (Å²) in [4.78, 5) is 0. The van der Waals surface area contributed by atoms with Gasteiger partial charge in [0.15, 0.2) is 11.6 Å². The van der Waals surface area contributed by atoms with Crippen LogP contribution in [0, 0.1) is 17.5 Å². The lowest BCUT2D eigenvalue weighted by Gasteiger charge is -2.10. The van der Waals surface area contributed by atoms with Gasteiger partial charge in [0.1, 0.15) is 11.6 Å². The highest BCUT2D eigenvalue weighted by Crippen LogP contribution is 2.24. The van der Waals surface area contributed by atoms with Gasteiger partial charge in [-0.1, -0.05) is 11.6 Å². The summed E-state index contributed by atoms with van der Waals surface area (Å²) in [6.45, 7) is -0.0216. The Morgan fingerprint density at radius 3 is 2.58 bits per heavy atom. The molecule has 0 aromatic heterocycles. The third-order valence-corrected chi connectivity index (χ3v) is 2.74. The maximum atomic E-state index is 13.4. The van der Waals surface area contributed by atoms with E-state index in [9.17, 15) is 18.3 Å². The number of phenolic OH excluding ortho intramolecular Hbond substituents is 1. The van der Waals surface area contributed by atoms with E-state index in [2.05, 4.69) is 5.32 Å². The molecule has 0 aliphatic rings. The Bertz CT molecular complexity index is 619. The lowest BCUT2D eigenvalue weighted by molar-refractivity contribution is 0.469. The number of nitrogens with one attached hydrogen (secondary N) is 1. The van der Waals surface area contributed by atoms with Gasteiger partial charge in [-0.3, -0.25) is 0 Å². The molecule has 0 spiro atoms. The second-order valence-electron chi connectivity index (χ2n) is 3.88. The van der Waals surface area contributed by atoms with Crippen LogP contribution in [0.1, 0.15) is 5.56 Å². The van der Waals surface area contributed by atoms with Gasteiger partial charge in [0, 0.05) is 29.3 Å². The van der Waals surface area contributed by atoms with Crippen molar-refractivity contribution in [1.29, 1.82) is 0 Å². The van der Waals surface area contributed by atoms with Gasteiger partial charge >= 0.3 is 0 Å². The molecule has 0 saturated heterocycles. The van der Waals surface area contributed by atoms with Crippen LogP contribution in [0.4, 0.5) is 18.9 Å². The Balaban J connectivity index is 2.21. The number of rotatable bonds is 3. The van der Waals surface area contributed by atoms with E-state index in [-0.39, 0.29) is 18.0 Å². The van der Waals surface area contributed by atoms with Gasteiger partial charge < -0.3 is 10.4 Å². The van der Waals surface area contributed by atoms with Crippen LogP contribution < -0.4 is 5.32 Å². The van der Waals surface area contributed by atoms with E-state index < -0.39 is 17.5 Å². The van der Waals surface area contributed by atoms with Crippen LogP contribution in [0.3, 0.4) is 0 Å². The molecule has 2 aromatic carbocycles. The largest absolute Gasteiger partial charge is 0.508 e. The molecule has 0 heterocycles. The van der Waals surface area contributed by atoms with E-state index in [4.69, 9.17) is 11.6 Å². The third-order valence-electron chi connectivity index (χ3n) is 2.50. The fourth-order valence-corrected chi connectivity index (χ4v) is 1.77. The average molecular weight is 288 g/mol. The zero-order valence-electron chi connectivity index (χ0n) is 9.55. The number of hydrogen-bond donors (Lipinski definition) is 2. The molecule has 2 rings (SSSR count). The Morgan fingerprint density at radius 2 is 1.84 bits per heavy atom. The van der Waals surface area contributed by atoms with Crippen LogP contribution in [0.15, 0.2) is 30.3 Å². The van der Waals surface area contributed by atoms with E-state index in [1.54, 1.807) is 0 Å². The van der Waals surface area contributed by atoms with Crippen molar-refractivity contribution in [3.63, 3.8) is 0 Å². The molecule has 0 bridgehead atoms. The van der Waals surface area contributed by atoms with Crippen LogP contribution in [0.5, 0.6) is 5.75 Å². The number of benzene rings is 2. The van der Waals surface area contributed by atoms with Gasteiger partial charge in [0.05, 0.1) is 5.69 Å². The molecule has 0 radical (unpaired) electrons. The first-order valence-electron chi connectivity index (χ1n) is 5.33. The van der Waals surface area contributed by atoms with Crippen molar-refractivity contribution in [1.82, 2.24) is 0 Å². The summed E-state index contributed by atoms with van der Waals surface area (Å²) >= 11 is 5.75.